The molecule has 3 amide bonds. The smallest absolute Gasteiger partial charge is 0.246 e. The first kappa shape index (κ1) is 30.7. The van der Waals surface area contributed by atoms with Gasteiger partial charge in [-0.15, -0.1) is 0 Å². The Kier molecular flexibility index (Phi) is 8.56. The fourth-order valence-corrected chi connectivity index (χ4v) is 7.79. The summed E-state index contributed by atoms with van der Waals surface area (Å²) in [6.45, 7) is 5.91. The van der Waals surface area contributed by atoms with Crippen LogP contribution in [-0.4, -0.2) is 71.4 Å². The number of hydrogen-bond donors (Lipinski definition) is 2. The molecule has 1 spiro atoms. The third-order valence-corrected chi connectivity index (χ3v) is 10.5. The molecule has 44 heavy (non-hydrogen) atoms. The molecule has 2 bridgehead atoms. The maximum atomic E-state index is 14.3. The zero-order valence-corrected chi connectivity index (χ0v) is 26.1. The lowest BCUT2D eigenvalue weighted by Gasteiger charge is -2.38. The lowest BCUT2D eigenvalue weighted by molar-refractivity contribution is -0.141. The zero-order chi connectivity index (χ0) is 31.2. The first-order valence-electron chi connectivity index (χ1n) is 15.6. The van der Waals surface area contributed by atoms with E-state index in [-0.39, 0.29) is 22.9 Å². The molecule has 2 aromatic carbocycles. The van der Waals surface area contributed by atoms with Crippen LogP contribution in [0, 0.1) is 29.5 Å². The lowest BCUT2D eigenvalue weighted by atomic mass is 9.73. The van der Waals surface area contributed by atoms with E-state index < -0.39 is 41.3 Å². The number of anilines is 1. The maximum absolute atomic E-state index is 14.3. The van der Waals surface area contributed by atoms with E-state index in [1.54, 1.807) is 11.0 Å². The van der Waals surface area contributed by atoms with Crippen molar-refractivity contribution in [3.63, 3.8) is 0 Å². The van der Waals surface area contributed by atoms with Gasteiger partial charge in [0.1, 0.15) is 17.5 Å². The van der Waals surface area contributed by atoms with Gasteiger partial charge < -0.3 is 25.2 Å². The highest BCUT2D eigenvalue weighted by Crippen LogP contribution is 2.55. The van der Waals surface area contributed by atoms with Crippen LogP contribution in [0.5, 0.6) is 0 Å². The summed E-state index contributed by atoms with van der Waals surface area (Å²) in [5, 5.41) is 5.97. The number of likely N-dealkylation sites (N-methyl/N-ethyl adjacent to an activating group) is 1. The van der Waals surface area contributed by atoms with E-state index in [0.717, 1.165) is 24.8 Å². The molecular formula is C34H40ClFN4O4. The number of likely N-dealkylation sites (tertiary alicyclic amines) is 1. The average molecular weight is 623 g/mol. The molecule has 1 saturated carbocycles. The van der Waals surface area contributed by atoms with Gasteiger partial charge in [-0.05, 0) is 49.1 Å². The van der Waals surface area contributed by atoms with E-state index in [4.69, 9.17) is 16.3 Å². The van der Waals surface area contributed by atoms with Crippen molar-refractivity contribution in [2.24, 2.45) is 23.7 Å². The van der Waals surface area contributed by atoms with Crippen molar-refractivity contribution in [2.45, 2.75) is 63.4 Å². The van der Waals surface area contributed by atoms with Crippen molar-refractivity contribution >= 4 is 35.0 Å². The minimum Gasteiger partial charge on any atom is -0.359 e. The Labute approximate surface area is 262 Å². The summed E-state index contributed by atoms with van der Waals surface area (Å²) < 4.78 is 20.2. The monoisotopic (exact) mass is 622 g/mol. The largest absolute Gasteiger partial charge is 0.359 e. The Morgan fingerprint density at radius 2 is 1.91 bits per heavy atom. The molecule has 8 nitrogen and oxygen atoms in total. The molecule has 4 aliphatic rings. The molecule has 0 radical (unpaired) electrons. The quantitative estimate of drug-likeness (QED) is 0.398. The van der Waals surface area contributed by atoms with E-state index in [2.05, 4.69) is 41.5 Å². The third kappa shape index (κ3) is 5.54. The molecule has 8 atom stereocenters. The predicted octanol–water partition coefficient (Wildman–Crippen LogP) is 4.64. The van der Waals surface area contributed by atoms with Crippen LogP contribution in [0.25, 0.3) is 0 Å². The first-order valence-corrected chi connectivity index (χ1v) is 15.9. The molecular weight excluding hydrogens is 583 g/mol. The van der Waals surface area contributed by atoms with Crippen molar-refractivity contribution in [1.82, 2.24) is 15.1 Å². The van der Waals surface area contributed by atoms with Crippen LogP contribution in [-0.2, 0) is 25.7 Å². The Bertz CT molecular complexity index is 1460. The summed E-state index contributed by atoms with van der Waals surface area (Å²) in [4.78, 5) is 46.0. The molecule has 3 heterocycles. The molecule has 6 rings (SSSR count). The van der Waals surface area contributed by atoms with Crippen LogP contribution >= 0.6 is 11.6 Å². The summed E-state index contributed by atoms with van der Waals surface area (Å²) in [5.74, 6) is -2.47. The maximum Gasteiger partial charge on any atom is 0.246 e. The number of nitrogens with zero attached hydrogens (tertiary/aromatic N) is 2. The number of amides is 3. The van der Waals surface area contributed by atoms with Gasteiger partial charge in [0.25, 0.3) is 0 Å². The number of carbonyl (C=O) groups excluding carboxylic acids is 3. The minimum absolute atomic E-state index is 0.00399. The van der Waals surface area contributed by atoms with Crippen LogP contribution in [0.4, 0.5) is 10.1 Å². The molecule has 10 heteroatoms. The number of benzene rings is 2. The van der Waals surface area contributed by atoms with Gasteiger partial charge in [0, 0.05) is 31.4 Å². The van der Waals surface area contributed by atoms with Crippen molar-refractivity contribution in [2.75, 3.05) is 25.5 Å². The Hall–Kier alpha value is -3.27. The van der Waals surface area contributed by atoms with Gasteiger partial charge in [-0.1, -0.05) is 80.8 Å². The highest BCUT2D eigenvalue weighted by atomic mass is 35.5. The number of carbonyl (C=O) groups is 3. The van der Waals surface area contributed by atoms with Gasteiger partial charge in [0.2, 0.25) is 17.7 Å². The van der Waals surface area contributed by atoms with Gasteiger partial charge in [-0.3, -0.25) is 14.4 Å². The number of halogens is 2. The Balaban J connectivity index is 1.26. The predicted molar refractivity (Wildman–Crippen MR) is 166 cm³/mol. The molecule has 234 valence electrons. The summed E-state index contributed by atoms with van der Waals surface area (Å²) in [5.41, 5.74) is 0.215. The van der Waals surface area contributed by atoms with Gasteiger partial charge in [0.05, 0.1) is 23.0 Å². The van der Waals surface area contributed by atoms with E-state index in [0.29, 0.717) is 37.2 Å². The highest BCUT2D eigenvalue weighted by Gasteiger charge is 2.72. The normalized spacial score (nSPS) is 32.3. The molecule has 2 aromatic rings. The zero-order valence-electron chi connectivity index (χ0n) is 25.3. The molecule has 3 fully saturated rings. The van der Waals surface area contributed by atoms with E-state index in [9.17, 15) is 18.8 Å². The fraction of sp³-hybridized carbons (Fsp3) is 0.500. The average Bonchev–Trinajstić information content (AvgIpc) is 3.64. The van der Waals surface area contributed by atoms with Crippen molar-refractivity contribution in [1.29, 1.82) is 0 Å². The van der Waals surface area contributed by atoms with Crippen LogP contribution in [0.3, 0.4) is 0 Å². The summed E-state index contributed by atoms with van der Waals surface area (Å²) in [6, 6.07) is 13.1. The summed E-state index contributed by atoms with van der Waals surface area (Å²) in [7, 11) is 1.99. The first-order chi connectivity index (χ1) is 21.1. The topological polar surface area (TPSA) is 91.0 Å². The number of nitrogens with one attached hydrogen (secondary N) is 2. The molecule has 5 unspecified atom stereocenters. The molecule has 2 N–H and O–H groups in total. The van der Waals surface area contributed by atoms with Gasteiger partial charge in [-0.2, -0.15) is 0 Å². The van der Waals surface area contributed by atoms with Gasteiger partial charge in [0.15, 0.2) is 0 Å². The second-order valence-electron chi connectivity index (χ2n) is 13.0. The Morgan fingerprint density at radius 1 is 1.14 bits per heavy atom. The van der Waals surface area contributed by atoms with Crippen LogP contribution < -0.4 is 10.6 Å². The second-order valence-corrected chi connectivity index (χ2v) is 13.4. The third-order valence-electron chi connectivity index (χ3n) is 10.2. The SMILES string of the molecule is CC1CCCC(NC(=O)C2N(CCN(C)Cc3ccccc3)C(=O)[C@H]3C(C(=O)Nc4ccc(F)c(Cl)c4)[C@H]4C=C[C@@]23O4)C1C. The number of fused-ring (bicyclic) bond motifs is 1. The van der Waals surface area contributed by atoms with E-state index >= 15 is 0 Å². The van der Waals surface area contributed by atoms with Crippen molar-refractivity contribution < 1.29 is 23.5 Å². The Morgan fingerprint density at radius 3 is 2.66 bits per heavy atom. The standard InChI is InChI=1S/C34H40ClFN4O4/c1-20-8-7-11-26(21(20)2)38-32(42)30-34-15-14-27(44-34)28(31(41)37-23-12-13-25(36)24(35)18-23)29(34)33(43)40(30)17-16-39(3)19-22-9-5-4-6-10-22/h4-6,9-10,12-15,18,20-21,26-30H,7-8,11,16-17,19H2,1-3H3,(H,37,41)(H,38,42)/t20?,21?,26?,27-,28?,29-,30?,34+/m1/s1. The van der Waals surface area contributed by atoms with E-state index in [1.165, 1.54) is 18.2 Å². The lowest BCUT2D eigenvalue weighted by Crippen LogP contribution is -2.58. The van der Waals surface area contributed by atoms with Crippen molar-refractivity contribution in [3.05, 3.63) is 77.1 Å². The molecule has 2 saturated heterocycles. The molecule has 1 aliphatic carbocycles. The second kappa shape index (κ2) is 12.3. The number of hydrogen-bond acceptors (Lipinski definition) is 5. The fourth-order valence-electron chi connectivity index (χ4n) is 7.61. The number of ether oxygens (including phenoxy) is 1. The molecule has 3 aliphatic heterocycles. The van der Waals surface area contributed by atoms with Gasteiger partial charge in [-0.25, -0.2) is 4.39 Å². The summed E-state index contributed by atoms with van der Waals surface area (Å²) >= 11 is 5.94. The van der Waals surface area contributed by atoms with Crippen LogP contribution in [0.1, 0.15) is 38.7 Å². The van der Waals surface area contributed by atoms with Crippen LogP contribution in [0.2, 0.25) is 5.02 Å². The molecule has 0 aromatic heterocycles. The number of rotatable bonds is 9. The van der Waals surface area contributed by atoms with E-state index in [1.807, 2.05) is 31.3 Å². The highest BCUT2D eigenvalue weighted by molar-refractivity contribution is 6.31. The minimum atomic E-state index is -1.25. The summed E-state index contributed by atoms with van der Waals surface area (Å²) in [6.07, 6.45) is 6.01. The van der Waals surface area contributed by atoms with Crippen molar-refractivity contribution in [3.8, 4) is 0 Å². The van der Waals surface area contributed by atoms with Crippen LogP contribution in [0.15, 0.2) is 60.7 Å². The van der Waals surface area contributed by atoms with Gasteiger partial charge >= 0.3 is 0 Å².